The lowest BCUT2D eigenvalue weighted by atomic mass is 9.88. The van der Waals surface area contributed by atoms with Gasteiger partial charge in [0.15, 0.2) is 0 Å². The Morgan fingerprint density at radius 3 is 2.71 bits per heavy atom. The second kappa shape index (κ2) is 5.46. The Morgan fingerprint density at radius 1 is 1.47 bits per heavy atom. The molecule has 4 heteroatoms. The molecule has 0 aliphatic carbocycles. The quantitative estimate of drug-likeness (QED) is 0.830. The first-order valence-electron chi connectivity index (χ1n) is 5.52. The fourth-order valence-corrected chi connectivity index (χ4v) is 1.46. The Bertz CT molecular complexity index is 446. The van der Waals surface area contributed by atoms with Crippen molar-refractivity contribution in [3.8, 4) is 6.07 Å². The van der Waals surface area contributed by atoms with E-state index in [0.29, 0.717) is 24.2 Å². The van der Waals surface area contributed by atoms with Gasteiger partial charge >= 0.3 is 0 Å². The second-order valence-electron chi connectivity index (χ2n) is 4.53. The van der Waals surface area contributed by atoms with Crippen LogP contribution < -0.4 is 11.1 Å². The van der Waals surface area contributed by atoms with E-state index < -0.39 is 5.41 Å². The summed E-state index contributed by atoms with van der Waals surface area (Å²) in [4.78, 5) is 12.0. The van der Waals surface area contributed by atoms with Crippen molar-refractivity contribution in [3.63, 3.8) is 0 Å². The molecular weight excluding hydrogens is 214 g/mol. The van der Waals surface area contributed by atoms with Crippen molar-refractivity contribution >= 4 is 11.6 Å². The van der Waals surface area contributed by atoms with Crippen molar-refractivity contribution < 1.29 is 4.79 Å². The number of nitrogens with two attached hydrogens (primary N) is 1. The van der Waals surface area contributed by atoms with Crippen LogP contribution in [0.15, 0.2) is 24.3 Å². The van der Waals surface area contributed by atoms with E-state index in [1.807, 2.05) is 19.9 Å². The van der Waals surface area contributed by atoms with E-state index in [2.05, 4.69) is 5.32 Å². The molecule has 0 aliphatic rings. The van der Waals surface area contributed by atoms with Crippen molar-refractivity contribution in [2.45, 2.75) is 20.3 Å². The molecule has 1 aromatic rings. The summed E-state index contributed by atoms with van der Waals surface area (Å²) in [7, 11) is 0. The predicted octanol–water partition coefficient (Wildman–Crippen LogP) is 1.87. The van der Waals surface area contributed by atoms with E-state index in [-0.39, 0.29) is 5.91 Å². The highest BCUT2D eigenvalue weighted by Crippen LogP contribution is 2.23. The minimum absolute atomic E-state index is 0.120. The third-order valence-electron chi connectivity index (χ3n) is 2.68. The fourth-order valence-electron chi connectivity index (χ4n) is 1.46. The van der Waals surface area contributed by atoms with Crippen LogP contribution in [0, 0.1) is 16.7 Å². The molecular formula is C13H17N3O. The monoisotopic (exact) mass is 231 g/mol. The number of para-hydroxylation sites is 1. The lowest BCUT2D eigenvalue weighted by Gasteiger charge is -2.22. The number of rotatable bonds is 4. The Morgan fingerprint density at radius 2 is 2.12 bits per heavy atom. The van der Waals surface area contributed by atoms with Crippen LogP contribution in [0.4, 0.5) is 5.69 Å². The lowest BCUT2D eigenvalue weighted by Crippen LogP contribution is -2.33. The number of carbonyl (C=O) groups is 1. The normalized spacial score (nSPS) is 10.7. The fraction of sp³-hybridized carbons (Fsp3) is 0.385. The molecule has 0 radical (unpaired) electrons. The average Bonchev–Trinajstić information content (AvgIpc) is 2.29. The summed E-state index contributed by atoms with van der Waals surface area (Å²) < 4.78 is 0. The molecule has 1 amide bonds. The van der Waals surface area contributed by atoms with Crippen LogP contribution in [-0.4, -0.2) is 12.5 Å². The maximum Gasteiger partial charge on any atom is 0.230 e. The van der Waals surface area contributed by atoms with Crippen molar-refractivity contribution in [3.05, 3.63) is 29.8 Å². The molecule has 3 N–H and O–H groups in total. The van der Waals surface area contributed by atoms with Crippen molar-refractivity contribution in [2.75, 3.05) is 11.9 Å². The molecule has 1 rings (SSSR count). The van der Waals surface area contributed by atoms with Gasteiger partial charge in [-0.15, -0.1) is 0 Å². The molecule has 0 unspecified atom stereocenters. The van der Waals surface area contributed by atoms with Crippen molar-refractivity contribution in [1.29, 1.82) is 5.26 Å². The summed E-state index contributed by atoms with van der Waals surface area (Å²) in [6.45, 7) is 4.13. The van der Waals surface area contributed by atoms with Crippen molar-refractivity contribution in [2.24, 2.45) is 11.1 Å². The molecule has 0 fully saturated rings. The zero-order chi connectivity index (χ0) is 12.9. The molecule has 0 aliphatic heterocycles. The predicted molar refractivity (Wildman–Crippen MR) is 67.2 cm³/mol. The number of nitriles is 1. The highest BCUT2D eigenvalue weighted by Gasteiger charge is 2.27. The first-order chi connectivity index (χ1) is 8.01. The van der Waals surface area contributed by atoms with Crippen molar-refractivity contribution in [1.82, 2.24) is 0 Å². The molecule has 0 bridgehead atoms. The standard InChI is InChI=1S/C13H17N3O/c1-13(2,7-8-14)12(17)16-11-6-4-3-5-10(11)9-15/h3-6H,7-8,14H2,1-2H3,(H,16,17). The van der Waals surface area contributed by atoms with Gasteiger partial charge < -0.3 is 11.1 Å². The van der Waals surface area contributed by atoms with Crippen LogP contribution in [0.1, 0.15) is 25.8 Å². The topological polar surface area (TPSA) is 78.9 Å². The first kappa shape index (κ1) is 13.2. The highest BCUT2D eigenvalue weighted by atomic mass is 16.2. The summed E-state index contributed by atoms with van der Waals surface area (Å²) >= 11 is 0. The number of carbonyl (C=O) groups excluding carboxylic acids is 1. The minimum atomic E-state index is -0.530. The van der Waals surface area contributed by atoms with Gasteiger partial charge in [0.1, 0.15) is 6.07 Å². The molecule has 0 spiro atoms. The summed E-state index contributed by atoms with van der Waals surface area (Å²) in [5, 5.41) is 11.7. The Kier molecular flexibility index (Phi) is 4.24. The highest BCUT2D eigenvalue weighted by molar-refractivity contribution is 5.95. The number of nitrogens with zero attached hydrogens (tertiary/aromatic N) is 1. The minimum Gasteiger partial charge on any atom is -0.330 e. The Balaban J connectivity index is 2.85. The third-order valence-corrected chi connectivity index (χ3v) is 2.68. The number of hydrogen-bond donors (Lipinski definition) is 2. The van der Waals surface area contributed by atoms with E-state index in [0.717, 1.165) is 0 Å². The molecule has 0 aromatic heterocycles. The van der Waals surface area contributed by atoms with E-state index in [1.165, 1.54) is 0 Å². The summed E-state index contributed by atoms with van der Waals surface area (Å²) in [5.74, 6) is -0.120. The van der Waals surface area contributed by atoms with Gasteiger partial charge in [0.05, 0.1) is 11.3 Å². The molecule has 0 saturated carbocycles. The van der Waals surface area contributed by atoms with Crippen LogP contribution >= 0.6 is 0 Å². The van der Waals surface area contributed by atoms with Crippen LogP contribution in [0.2, 0.25) is 0 Å². The number of hydrogen-bond acceptors (Lipinski definition) is 3. The van der Waals surface area contributed by atoms with Gasteiger partial charge in [0, 0.05) is 5.41 Å². The molecule has 1 aromatic carbocycles. The lowest BCUT2D eigenvalue weighted by molar-refractivity contribution is -0.124. The van der Waals surface area contributed by atoms with Gasteiger partial charge in [-0.25, -0.2) is 0 Å². The molecule has 4 nitrogen and oxygen atoms in total. The van der Waals surface area contributed by atoms with Crippen LogP contribution in [-0.2, 0) is 4.79 Å². The van der Waals surface area contributed by atoms with Gasteiger partial charge in [0.2, 0.25) is 5.91 Å². The SMILES string of the molecule is CC(C)(CCN)C(=O)Nc1ccccc1C#N. The summed E-state index contributed by atoms with van der Waals surface area (Å²) in [6, 6.07) is 8.98. The molecule has 17 heavy (non-hydrogen) atoms. The Hall–Kier alpha value is -1.86. The van der Waals surface area contributed by atoms with E-state index in [1.54, 1.807) is 24.3 Å². The van der Waals surface area contributed by atoms with E-state index in [4.69, 9.17) is 11.0 Å². The van der Waals surface area contributed by atoms with Gasteiger partial charge in [-0.3, -0.25) is 4.79 Å². The van der Waals surface area contributed by atoms with Crippen LogP contribution in [0.25, 0.3) is 0 Å². The Labute approximate surface area is 101 Å². The van der Waals surface area contributed by atoms with Gasteiger partial charge in [-0.2, -0.15) is 5.26 Å². The zero-order valence-corrected chi connectivity index (χ0v) is 10.2. The molecule has 0 saturated heterocycles. The number of amides is 1. The van der Waals surface area contributed by atoms with Gasteiger partial charge in [0.25, 0.3) is 0 Å². The molecule has 0 atom stereocenters. The smallest absolute Gasteiger partial charge is 0.230 e. The maximum atomic E-state index is 12.0. The third kappa shape index (κ3) is 3.30. The number of benzene rings is 1. The molecule has 0 heterocycles. The summed E-state index contributed by atoms with van der Waals surface area (Å²) in [6.07, 6.45) is 0.605. The van der Waals surface area contributed by atoms with E-state index >= 15 is 0 Å². The van der Waals surface area contributed by atoms with Crippen LogP contribution in [0.3, 0.4) is 0 Å². The van der Waals surface area contributed by atoms with E-state index in [9.17, 15) is 4.79 Å². The number of nitrogens with one attached hydrogen (secondary N) is 1. The number of anilines is 1. The summed E-state index contributed by atoms with van der Waals surface area (Å²) in [5.41, 5.74) is 5.95. The first-order valence-corrected chi connectivity index (χ1v) is 5.52. The second-order valence-corrected chi connectivity index (χ2v) is 4.53. The van der Waals surface area contributed by atoms with Gasteiger partial charge in [-0.1, -0.05) is 26.0 Å². The van der Waals surface area contributed by atoms with Gasteiger partial charge in [-0.05, 0) is 25.1 Å². The largest absolute Gasteiger partial charge is 0.330 e. The van der Waals surface area contributed by atoms with Crippen LogP contribution in [0.5, 0.6) is 0 Å². The zero-order valence-electron chi connectivity index (χ0n) is 10.2. The average molecular weight is 231 g/mol. The maximum absolute atomic E-state index is 12.0. The molecule has 90 valence electrons.